The average Bonchev–Trinajstić information content (AvgIpc) is 3.72. The summed E-state index contributed by atoms with van der Waals surface area (Å²) in [5.41, 5.74) is 2.58. The van der Waals surface area contributed by atoms with E-state index in [0.29, 0.717) is 22.2 Å². The third-order valence-electron chi connectivity index (χ3n) is 9.07. The molecule has 2 heteroatoms. The Kier molecular flexibility index (Phi) is 7.70. The summed E-state index contributed by atoms with van der Waals surface area (Å²) in [7, 11) is -3.27. The van der Waals surface area contributed by atoms with Crippen LogP contribution in [0, 0.1) is 0 Å². The van der Waals surface area contributed by atoms with E-state index in [9.17, 15) is 0 Å². The first-order chi connectivity index (χ1) is 17.2. The molecule has 0 aliphatic heterocycles. The standard InChI is InChI=1S/C33H40Si2/c1-34(29-17-7-8-18-29,30-19-9-10-20-30)27-15-2-3-16-28-35(32-23-11-12-24-32,33-25-13-14-26-33)31-21-5-4-6-22-31/h4-14,17-26,29-30,32-33H,2-3,15-16,27-28H2,1H3. The van der Waals surface area contributed by atoms with Gasteiger partial charge in [0.15, 0.2) is 0 Å². The summed E-state index contributed by atoms with van der Waals surface area (Å²) in [6.45, 7) is 2.65. The fraction of sp³-hybridized carbons (Fsp3) is 0.333. The molecular weight excluding hydrogens is 453 g/mol. The third-order valence-corrected chi connectivity index (χ3v) is 20.1. The molecule has 0 N–H and O–H groups in total. The number of rotatable bonds is 12. The minimum absolute atomic E-state index is 0.597. The fourth-order valence-corrected chi connectivity index (χ4v) is 16.9. The lowest BCUT2D eigenvalue weighted by Gasteiger charge is -2.40. The first-order valence-corrected chi connectivity index (χ1v) is 18.9. The Hall–Kier alpha value is -2.43. The molecule has 180 valence electrons. The summed E-state index contributed by atoms with van der Waals surface area (Å²) >= 11 is 0. The van der Waals surface area contributed by atoms with Crippen LogP contribution in [0.15, 0.2) is 128 Å². The van der Waals surface area contributed by atoms with E-state index in [1.54, 1.807) is 5.19 Å². The van der Waals surface area contributed by atoms with Gasteiger partial charge in [-0.05, 0) is 22.2 Å². The maximum Gasteiger partial charge on any atom is 0.108 e. The van der Waals surface area contributed by atoms with Gasteiger partial charge < -0.3 is 0 Å². The minimum Gasteiger partial charge on any atom is -0.0803 e. The summed E-state index contributed by atoms with van der Waals surface area (Å²) in [5.74, 6) is 0. The molecule has 0 atom stereocenters. The van der Waals surface area contributed by atoms with Crippen LogP contribution in [0.1, 0.15) is 25.7 Å². The molecule has 1 aromatic rings. The van der Waals surface area contributed by atoms with Gasteiger partial charge in [-0.3, -0.25) is 0 Å². The monoisotopic (exact) mass is 492 g/mol. The highest BCUT2D eigenvalue weighted by Gasteiger charge is 2.46. The summed E-state index contributed by atoms with van der Waals surface area (Å²) in [4.78, 5) is 0. The van der Waals surface area contributed by atoms with Gasteiger partial charge in [0, 0.05) is 0 Å². The van der Waals surface area contributed by atoms with Crippen molar-refractivity contribution in [3.05, 3.63) is 128 Å². The van der Waals surface area contributed by atoms with Gasteiger partial charge in [0.1, 0.15) is 8.07 Å². The second kappa shape index (κ2) is 11.1. The van der Waals surface area contributed by atoms with Crippen LogP contribution in [0.25, 0.3) is 0 Å². The van der Waals surface area contributed by atoms with Gasteiger partial charge in [0.05, 0.1) is 8.07 Å². The highest BCUT2D eigenvalue weighted by molar-refractivity contribution is 6.95. The molecule has 4 aliphatic carbocycles. The minimum atomic E-state index is -1.82. The Balaban J connectivity index is 1.24. The van der Waals surface area contributed by atoms with E-state index in [-0.39, 0.29) is 0 Å². The van der Waals surface area contributed by atoms with Crippen molar-refractivity contribution in [3.8, 4) is 0 Å². The van der Waals surface area contributed by atoms with Crippen LogP contribution in [-0.2, 0) is 0 Å². The molecule has 0 aromatic heterocycles. The van der Waals surface area contributed by atoms with Crippen LogP contribution >= 0.6 is 0 Å². The molecule has 0 nitrogen and oxygen atoms in total. The van der Waals surface area contributed by atoms with Crippen molar-refractivity contribution in [2.75, 3.05) is 0 Å². The predicted molar refractivity (Wildman–Crippen MR) is 160 cm³/mol. The van der Waals surface area contributed by atoms with Crippen molar-refractivity contribution in [3.63, 3.8) is 0 Å². The molecule has 4 aliphatic rings. The molecule has 0 heterocycles. The van der Waals surface area contributed by atoms with E-state index in [2.05, 4.69) is 134 Å². The highest BCUT2D eigenvalue weighted by Crippen LogP contribution is 2.46. The predicted octanol–water partition coefficient (Wildman–Crippen LogP) is 8.97. The van der Waals surface area contributed by atoms with Crippen molar-refractivity contribution < 1.29 is 0 Å². The highest BCUT2D eigenvalue weighted by atomic mass is 28.3. The van der Waals surface area contributed by atoms with Crippen molar-refractivity contribution in [2.45, 2.75) is 66.5 Å². The van der Waals surface area contributed by atoms with Crippen molar-refractivity contribution >= 4 is 21.3 Å². The molecule has 0 amide bonds. The molecule has 35 heavy (non-hydrogen) atoms. The lowest BCUT2D eigenvalue weighted by Crippen LogP contribution is -2.53. The fourth-order valence-electron chi connectivity index (χ4n) is 6.96. The molecule has 0 saturated carbocycles. The molecule has 0 fully saturated rings. The Labute approximate surface area is 215 Å². The van der Waals surface area contributed by atoms with E-state index >= 15 is 0 Å². The first kappa shape index (κ1) is 24.3. The van der Waals surface area contributed by atoms with Gasteiger partial charge >= 0.3 is 0 Å². The van der Waals surface area contributed by atoms with Crippen LogP contribution in [0.2, 0.25) is 40.8 Å². The SMILES string of the molecule is C[Si](CCCCCC[Si](c1ccccc1)(C1C=CC=C1)C1C=CC=C1)(C1C=CC=C1)C1C=CC=C1. The number of hydrogen-bond donors (Lipinski definition) is 0. The maximum atomic E-state index is 2.65. The van der Waals surface area contributed by atoms with Gasteiger partial charge in [0.25, 0.3) is 0 Å². The van der Waals surface area contributed by atoms with Crippen LogP contribution in [0.3, 0.4) is 0 Å². The number of hydrogen-bond acceptors (Lipinski definition) is 0. The van der Waals surface area contributed by atoms with E-state index in [1.165, 1.54) is 37.8 Å². The molecule has 0 unspecified atom stereocenters. The molecule has 0 saturated heterocycles. The average molecular weight is 493 g/mol. The molecule has 1 aromatic carbocycles. The summed E-state index contributed by atoms with van der Waals surface area (Å²) in [6, 6.07) is 14.3. The van der Waals surface area contributed by atoms with Gasteiger partial charge in [0.2, 0.25) is 0 Å². The largest absolute Gasteiger partial charge is 0.108 e. The van der Waals surface area contributed by atoms with Crippen molar-refractivity contribution in [1.82, 2.24) is 0 Å². The topological polar surface area (TPSA) is 0 Å². The quantitative estimate of drug-likeness (QED) is 0.202. The van der Waals surface area contributed by atoms with Crippen LogP contribution < -0.4 is 5.19 Å². The van der Waals surface area contributed by atoms with Crippen LogP contribution in [0.5, 0.6) is 0 Å². The van der Waals surface area contributed by atoms with E-state index in [4.69, 9.17) is 0 Å². The zero-order valence-corrected chi connectivity index (χ0v) is 23.2. The lowest BCUT2D eigenvalue weighted by atomic mass is 10.2. The maximum absolute atomic E-state index is 2.65. The van der Waals surface area contributed by atoms with Crippen molar-refractivity contribution in [2.24, 2.45) is 0 Å². The molecule has 0 radical (unpaired) electrons. The first-order valence-electron chi connectivity index (χ1n) is 13.7. The van der Waals surface area contributed by atoms with E-state index in [1.807, 2.05) is 0 Å². The molecule has 0 spiro atoms. The summed E-state index contributed by atoms with van der Waals surface area (Å²) in [5, 5.41) is 1.63. The van der Waals surface area contributed by atoms with Gasteiger partial charge in [-0.15, -0.1) is 0 Å². The second-order valence-electron chi connectivity index (χ2n) is 11.0. The van der Waals surface area contributed by atoms with Crippen LogP contribution in [0.4, 0.5) is 0 Å². The molecule has 0 bridgehead atoms. The van der Waals surface area contributed by atoms with Gasteiger partial charge in [-0.25, -0.2) is 0 Å². The zero-order valence-electron chi connectivity index (χ0n) is 21.2. The normalized spacial score (nSPS) is 20.0. The molecular formula is C33H40Si2. The number of allylic oxidation sites excluding steroid dienone is 16. The Bertz CT molecular complexity index is 991. The Morgan fingerprint density at radius 2 is 0.886 bits per heavy atom. The second-order valence-corrected chi connectivity index (χ2v) is 20.3. The van der Waals surface area contributed by atoms with E-state index < -0.39 is 16.1 Å². The smallest absolute Gasteiger partial charge is 0.0803 e. The van der Waals surface area contributed by atoms with Gasteiger partial charge in [-0.1, -0.05) is 177 Å². The van der Waals surface area contributed by atoms with E-state index in [0.717, 1.165) is 0 Å². The number of unbranched alkanes of at least 4 members (excludes halogenated alkanes) is 3. The Morgan fingerprint density at radius 3 is 1.34 bits per heavy atom. The lowest BCUT2D eigenvalue weighted by molar-refractivity contribution is 0.686. The summed E-state index contributed by atoms with van der Waals surface area (Å²) < 4.78 is 0. The Morgan fingerprint density at radius 1 is 0.486 bits per heavy atom. The molecule has 5 rings (SSSR count). The van der Waals surface area contributed by atoms with Crippen molar-refractivity contribution in [1.29, 1.82) is 0 Å². The van der Waals surface area contributed by atoms with Crippen LogP contribution in [-0.4, -0.2) is 16.1 Å². The zero-order chi connectivity index (χ0) is 24.0. The summed E-state index contributed by atoms with van der Waals surface area (Å²) in [6.07, 6.45) is 43.5. The third kappa shape index (κ3) is 4.97. The van der Waals surface area contributed by atoms with Gasteiger partial charge in [-0.2, -0.15) is 0 Å². The number of benzene rings is 1.